The average molecular weight is 472 g/mol. The molecule has 1 amide bonds. The summed E-state index contributed by atoms with van der Waals surface area (Å²) in [6.45, 7) is 2.05. The minimum Gasteiger partial charge on any atom is -0.497 e. The van der Waals surface area contributed by atoms with Crippen molar-refractivity contribution in [3.63, 3.8) is 0 Å². The molecule has 7 nitrogen and oxygen atoms in total. The van der Waals surface area contributed by atoms with Gasteiger partial charge in [-0.2, -0.15) is 4.98 Å². The number of nitrogens with one attached hydrogen (secondary N) is 2. The number of fused-ring (bicyclic) bond motifs is 1. The van der Waals surface area contributed by atoms with E-state index in [1.54, 1.807) is 23.9 Å². The van der Waals surface area contributed by atoms with Gasteiger partial charge in [0.05, 0.1) is 25.6 Å². The predicted octanol–water partition coefficient (Wildman–Crippen LogP) is 5.06. The summed E-state index contributed by atoms with van der Waals surface area (Å²) in [6.07, 6.45) is 0.888. The summed E-state index contributed by atoms with van der Waals surface area (Å²) in [5.41, 5.74) is 4.09. The molecule has 0 saturated carbocycles. The Labute approximate surface area is 203 Å². The van der Waals surface area contributed by atoms with Crippen molar-refractivity contribution in [2.75, 3.05) is 17.7 Å². The van der Waals surface area contributed by atoms with Crippen molar-refractivity contribution >= 4 is 17.8 Å². The van der Waals surface area contributed by atoms with Gasteiger partial charge in [-0.15, -0.1) is 5.10 Å². The van der Waals surface area contributed by atoms with Crippen LogP contribution in [0.2, 0.25) is 0 Å². The van der Waals surface area contributed by atoms with E-state index in [0.717, 1.165) is 22.4 Å². The summed E-state index contributed by atoms with van der Waals surface area (Å²) in [7, 11) is 1.60. The monoisotopic (exact) mass is 471 g/mol. The lowest BCUT2D eigenvalue weighted by atomic mass is 9.93. The van der Waals surface area contributed by atoms with Crippen molar-refractivity contribution in [3.8, 4) is 5.75 Å². The van der Waals surface area contributed by atoms with Crippen molar-refractivity contribution < 1.29 is 13.9 Å². The number of halogens is 1. The number of rotatable bonds is 6. The number of benzene rings is 3. The molecule has 35 heavy (non-hydrogen) atoms. The zero-order chi connectivity index (χ0) is 24.4. The number of nitrogens with zero attached hydrogens (tertiary/aromatic N) is 3. The minimum absolute atomic E-state index is 0.00907. The largest absolute Gasteiger partial charge is 0.497 e. The molecule has 178 valence electrons. The van der Waals surface area contributed by atoms with E-state index in [1.165, 1.54) is 17.7 Å². The predicted molar refractivity (Wildman–Crippen MR) is 132 cm³/mol. The molecule has 5 rings (SSSR count). The highest BCUT2D eigenvalue weighted by Gasteiger charge is 2.31. The van der Waals surface area contributed by atoms with Crippen molar-refractivity contribution in [2.24, 2.45) is 0 Å². The van der Waals surface area contributed by atoms with Gasteiger partial charge in [-0.25, -0.2) is 9.07 Å². The number of methoxy groups -OCH3 is 1. The Balaban J connectivity index is 1.40. The van der Waals surface area contributed by atoms with E-state index in [-0.39, 0.29) is 36.2 Å². The van der Waals surface area contributed by atoms with Gasteiger partial charge < -0.3 is 10.1 Å². The SMILES string of the molecule is COc1ccc(CC(=O)Nc2nc3n(n2)[C@@H](c2ccc(F)cc2)C[C@H](c2ccc(C)cc2)N3)cc1. The van der Waals surface area contributed by atoms with Crippen LogP contribution < -0.4 is 15.4 Å². The van der Waals surface area contributed by atoms with Gasteiger partial charge in [-0.1, -0.05) is 54.1 Å². The highest BCUT2D eigenvalue weighted by atomic mass is 19.1. The first-order valence-electron chi connectivity index (χ1n) is 11.5. The lowest BCUT2D eigenvalue weighted by Crippen LogP contribution is -2.28. The van der Waals surface area contributed by atoms with E-state index < -0.39 is 0 Å². The van der Waals surface area contributed by atoms with Crippen molar-refractivity contribution in [1.82, 2.24) is 14.8 Å². The van der Waals surface area contributed by atoms with Crippen LogP contribution in [0.15, 0.2) is 72.8 Å². The van der Waals surface area contributed by atoms with Crippen LogP contribution in [0.3, 0.4) is 0 Å². The summed E-state index contributed by atoms with van der Waals surface area (Å²) in [4.78, 5) is 17.2. The zero-order valence-electron chi connectivity index (χ0n) is 19.5. The lowest BCUT2D eigenvalue weighted by Gasteiger charge is -2.31. The minimum atomic E-state index is -0.289. The maximum Gasteiger partial charge on any atom is 0.250 e. The smallest absolute Gasteiger partial charge is 0.250 e. The molecule has 0 fully saturated rings. The molecule has 0 bridgehead atoms. The Bertz CT molecular complexity index is 1320. The van der Waals surface area contributed by atoms with E-state index in [0.29, 0.717) is 12.4 Å². The van der Waals surface area contributed by atoms with Crippen LogP contribution >= 0.6 is 0 Å². The maximum absolute atomic E-state index is 13.6. The van der Waals surface area contributed by atoms with Crippen LogP contribution in [0.1, 0.15) is 40.8 Å². The van der Waals surface area contributed by atoms with Gasteiger partial charge in [0.15, 0.2) is 0 Å². The number of aryl methyl sites for hydroxylation is 1. The number of carbonyl (C=O) groups excluding carboxylic acids is 1. The second kappa shape index (κ2) is 9.58. The van der Waals surface area contributed by atoms with Gasteiger partial charge in [0, 0.05) is 0 Å². The quantitative estimate of drug-likeness (QED) is 0.411. The molecule has 0 radical (unpaired) electrons. The topological polar surface area (TPSA) is 81.1 Å². The van der Waals surface area contributed by atoms with E-state index in [1.807, 2.05) is 24.3 Å². The summed E-state index contributed by atoms with van der Waals surface area (Å²) in [6, 6.07) is 21.9. The number of aromatic nitrogens is 3. The lowest BCUT2D eigenvalue weighted by molar-refractivity contribution is -0.115. The van der Waals surface area contributed by atoms with Gasteiger partial charge in [-0.05, 0) is 54.3 Å². The third-order valence-electron chi connectivity index (χ3n) is 6.20. The molecule has 0 unspecified atom stereocenters. The molecule has 3 aromatic carbocycles. The van der Waals surface area contributed by atoms with Gasteiger partial charge in [0.25, 0.3) is 5.95 Å². The second-order valence-corrected chi connectivity index (χ2v) is 8.69. The summed E-state index contributed by atoms with van der Waals surface area (Å²) < 4.78 is 20.5. The highest BCUT2D eigenvalue weighted by Crippen LogP contribution is 2.38. The first-order chi connectivity index (χ1) is 17.0. The highest BCUT2D eigenvalue weighted by molar-refractivity contribution is 5.90. The molecule has 2 N–H and O–H groups in total. The van der Waals surface area contributed by atoms with Crippen LogP contribution in [0.25, 0.3) is 0 Å². The first-order valence-corrected chi connectivity index (χ1v) is 11.5. The fourth-order valence-electron chi connectivity index (χ4n) is 4.31. The number of amides is 1. The third kappa shape index (κ3) is 5.01. The van der Waals surface area contributed by atoms with Gasteiger partial charge in [0.2, 0.25) is 11.9 Å². The third-order valence-corrected chi connectivity index (χ3v) is 6.20. The standard InChI is InChI=1S/C27H26FN5O2/c1-17-3-7-19(8-4-17)23-16-24(20-9-11-21(28)12-10-20)33-27(29-23)31-26(32-33)30-25(34)15-18-5-13-22(35-2)14-6-18/h3-14,23-24H,15-16H2,1-2H3,(H2,29,30,31,32,34)/t23-,24-/m1/s1. The van der Waals surface area contributed by atoms with E-state index in [9.17, 15) is 9.18 Å². The summed E-state index contributed by atoms with van der Waals surface area (Å²) in [5.74, 6) is 1.01. The molecule has 1 aliphatic heterocycles. The number of ether oxygens (including phenoxy) is 1. The molecule has 2 atom stereocenters. The second-order valence-electron chi connectivity index (χ2n) is 8.69. The number of carbonyl (C=O) groups is 1. The Morgan fingerprint density at radius 3 is 2.43 bits per heavy atom. The van der Waals surface area contributed by atoms with E-state index in [4.69, 9.17) is 4.74 Å². The Hall–Kier alpha value is -4.20. The maximum atomic E-state index is 13.6. The number of anilines is 2. The molecule has 4 aromatic rings. The molecule has 1 aromatic heterocycles. The van der Waals surface area contributed by atoms with Gasteiger partial charge in [0.1, 0.15) is 11.6 Å². The average Bonchev–Trinajstić information content (AvgIpc) is 3.27. The van der Waals surface area contributed by atoms with Crippen LogP contribution in [0.4, 0.5) is 16.3 Å². The fourth-order valence-corrected chi connectivity index (χ4v) is 4.31. The van der Waals surface area contributed by atoms with Crippen molar-refractivity contribution in [2.45, 2.75) is 31.8 Å². The van der Waals surface area contributed by atoms with Gasteiger partial charge in [-0.3, -0.25) is 10.1 Å². The molecule has 2 heterocycles. The Morgan fingerprint density at radius 2 is 1.74 bits per heavy atom. The molecule has 0 saturated heterocycles. The number of hydrogen-bond acceptors (Lipinski definition) is 5. The Morgan fingerprint density at radius 1 is 1.06 bits per heavy atom. The fraction of sp³-hybridized carbons (Fsp3) is 0.222. The first kappa shape index (κ1) is 22.6. The van der Waals surface area contributed by atoms with Crippen LogP contribution in [0, 0.1) is 12.7 Å². The van der Waals surface area contributed by atoms with E-state index in [2.05, 4.69) is 51.9 Å². The normalized spacial score (nSPS) is 16.8. The molecular weight excluding hydrogens is 445 g/mol. The molecular formula is C27H26FN5O2. The molecule has 8 heteroatoms. The van der Waals surface area contributed by atoms with Gasteiger partial charge >= 0.3 is 0 Å². The van der Waals surface area contributed by atoms with Crippen LogP contribution in [-0.2, 0) is 11.2 Å². The molecule has 0 spiro atoms. The molecule has 1 aliphatic rings. The molecule has 0 aliphatic carbocycles. The van der Waals surface area contributed by atoms with E-state index >= 15 is 0 Å². The van der Waals surface area contributed by atoms with Crippen molar-refractivity contribution in [3.05, 3.63) is 101 Å². The zero-order valence-corrected chi connectivity index (χ0v) is 19.5. The Kier molecular flexibility index (Phi) is 6.18. The summed E-state index contributed by atoms with van der Waals surface area (Å²) in [5, 5.41) is 10.8. The summed E-state index contributed by atoms with van der Waals surface area (Å²) >= 11 is 0. The van der Waals surface area contributed by atoms with Crippen molar-refractivity contribution in [1.29, 1.82) is 0 Å². The van der Waals surface area contributed by atoms with Crippen LogP contribution in [0.5, 0.6) is 5.75 Å². The number of hydrogen-bond donors (Lipinski definition) is 2. The van der Waals surface area contributed by atoms with Crippen LogP contribution in [-0.4, -0.2) is 27.8 Å².